The fraction of sp³-hybridized carbons (Fsp3) is 0.500. The molecule has 1 aliphatic heterocycles. The molecular weight excluding hydrogens is 372 g/mol. The molecule has 0 amide bonds. The largest absolute Gasteiger partial charge is 0.493 e. The van der Waals surface area contributed by atoms with E-state index in [4.69, 9.17) is 9.26 Å². The maximum atomic E-state index is 12.6. The molecule has 3 rings (SSSR count). The number of aromatic nitrogens is 2. The van der Waals surface area contributed by atoms with Gasteiger partial charge in [-0.15, -0.1) is 0 Å². The van der Waals surface area contributed by atoms with Crippen molar-refractivity contribution in [3.05, 3.63) is 40.0 Å². The second-order valence-corrected chi connectivity index (χ2v) is 8.09. The second-order valence-electron chi connectivity index (χ2n) is 7.17. The number of nitrogens with zero attached hydrogens (tertiary/aromatic N) is 2. The summed E-state index contributed by atoms with van der Waals surface area (Å²) in [6.07, 6.45) is 2.19. The first-order valence-corrected chi connectivity index (χ1v) is 8.93. The van der Waals surface area contributed by atoms with Crippen molar-refractivity contribution in [2.24, 2.45) is 0 Å². The summed E-state index contributed by atoms with van der Waals surface area (Å²) >= 11 is 3.47. The molecule has 1 aromatic heterocycles. The summed E-state index contributed by atoms with van der Waals surface area (Å²) in [5.41, 5.74) is 0.809. The number of carbonyl (C=O) groups is 1. The van der Waals surface area contributed by atoms with Crippen LogP contribution in [0.25, 0.3) is 0 Å². The normalized spacial score (nSPS) is 17.8. The van der Waals surface area contributed by atoms with Crippen molar-refractivity contribution < 1.29 is 14.1 Å². The van der Waals surface area contributed by atoms with Gasteiger partial charge in [0, 0.05) is 16.3 Å². The summed E-state index contributed by atoms with van der Waals surface area (Å²) in [6, 6.07) is 5.97. The third kappa shape index (κ3) is 3.69. The molecule has 0 saturated carbocycles. The van der Waals surface area contributed by atoms with E-state index in [1.165, 1.54) is 0 Å². The van der Waals surface area contributed by atoms with Crippen LogP contribution in [0.4, 0.5) is 0 Å². The zero-order valence-corrected chi connectivity index (χ0v) is 15.7. The van der Waals surface area contributed by atoms with Gasteiger partial charge in [-0.05, 0) is 36.5 Å². The van der Waals surface area contributed by atoms with Crippen LogP contribution in [0.2, 0.25) is 0 Å². The van der Waals surface area contributed by atoms with E-state index in [1.807, 2.05) is 39.0 Å². The SMILES string of the molecule is CC(C)(C)c1nc(C(=O)CC2CCCOc3cc(Br)ccc32)no1. The number of fused-ring (bicyclic) bond motifs is 1. The van der Waals surface area contributed by atoms with Crippen molar-refractivity contribution in [3.8, 4) is 5.75 Å². The van der Waals surface area contributed by atoms with E-state index in [-0.39, 0.29) is 22.9 Å². The molecule has 24 heavy (non-hydrogen) atoms. The van der Waals surface area contributed by atoms with Crippen LogP contribution in [0, 0.1) is 0 Å². The van der Waals surface area contributed by atoms with Crippen molar-refractivity contribution >= 4 is 21.7 Å². The van der Waals surface area contributed by atoms with E-state index in [9.17, 15) is 4.79 Å². The monoisotopic (exact) mass is 392 g/mol. The van der Waals surface area contributed by atoms with Crippen LogP contribution in [0.15, 0.2) is 27.2 Å². The summed E-state index contributed by atoms with van der Waals surface area (Å²) < 4.78 is 12.0. The second kappa shape index (κ2) is 6.67. The first-order chi connectivity index (χ1) is 11.3. The summed E-state index contributed by atoms with van der Waals surface area (Å²) in [4.78, 5) is 16.9. The Balaban J connectivity index is 1.81. The maximum absolute atomic E-state index is 12.6. The third-order valence-electron chi connectivity index (χ3n) is 4.12. The minimum Gasteiger partial charge on any atom is -0.493 e. The molecule has 0 spiro atoms. The summed E-state index contributed by atoms with van der Waals surface area (Å²) in [5, 5.41) is 3.87. The topological polar surface area (TPSA) is 65.2 Å². The lowest BCUT2D eigenvalue weighted by Crippen LogP contribution is -2.13. The van der Waals surface area contributed by atoms with Crippen molar-refractivity contribution in [1.29, 1.82) is 0 Å². The first kappa shape index (κ1) is 17.1. The number of benzene rings is 1. The lowest BCUT2D eigenvalue weighted by Gasteiger charge is -2.15. The van der Waals surface area contributed by atoms with Crippen LogP contribution in [0.5, 0.6) is 5.75 Å². The van der Waals surface area contributed by atoms with Crippen LogP contribution in [0.1, 0.15) is 68.0 Å². The zero-order chi connectivity index (χ0) is 17.3. The van der Waals surface area contributed by atoms with E-state index in [2.05, 4.69) is 26.1 Å². The van der Waals surface area contributed by atoms with Crippen molar-refractivity contribution in [2.45, 2.75) is 51.4 Å². The summed E-state index contributed by atoms with van der Waals surface area (Å²) in [7, 11) is 0. The van der Waals surface area contributed by atoms with Gasteiger partial charge in [-0.25, -0.2) is 0 Å². The van der Waals surface area contributed by atoms with E-state index in [0.29, 0.717) is 18.9 Å². The molecular formula is C18H21BrN2O3. The number of hydrogen-bond donors (Lipinski definition) is 0. The quantitative estimate of drug-likeness (QED) is 0.710. The van der Waals surface area contributed by atoms with Crippen LogP contribution >= 0.6 is 15.9 Å². The van der Waals surface area contributed by atoms with Gasteiger partial charge in [-0.3, -0.25) is 4.79 Å². The van der Waals surface area contributed by atoms with Gasteiger partial charge in [0.1, 0.15) is 5.75 Å². The minimum absolute atomic E-state index is 0.0879. The lowest BCUT2D eigenvalue weighted by molar-refractivity contribution is 0.0959. The Kier molecular flexibility index (Phi) is 4.76. The Morgan fingerprint density at radius 2 is 2.17 bits per heavy atom. The Morgan fingerprint density at radius 3 is 2.88 bits per heavy atom. The highest BCUT2D eigenvalue weighted by atomic mass is 79.9. The van der Waals surface area contributed by atoms with Crippen LogP contribution in [-0.2, 0) is 5.41 Å². The van der Waals surface area contributed by atoms with E-state index in [0.717, 1.165) is 28.6 Å². The van der Waals surface area contributed by atoms with Crippen molar-refractivity contribution in [1.82, 2.24) is 10.1 Å². The molecule has 6 heteroatoms. The van der Waals surface area contributed by atoms with Gasteiger partial charge >= 0.3 is 0 Å². The van der Waals surface area contributed by atoms with Crippen molar-refractivity contribution in [3.63, 3.8) is 0 Å². The van der Waals surface area contributed by atoms with Gasteiger partial charge in [-0.1, -0.05) is 47.9 Å². The fourth-order valence-electron chi connectivity index (χ4n) is 2.81. The van der Waals surface area contributed by atoms with Crippen LogP contribution in [0.3, 0.4) is 0 Å². The minimum atomic E-state index is -0.263. The van der Waals surface area contributed by atoms with E-state index >= 15 is 0 Å². The molecule has 128 valence electrons. The lowest BCUT2D eigenvalue weighted by atomic mass is 9.89. The highest BCUT2D eigenvalue weighted by molar-refractivity contribution is 9.10. The highest BCUT2D eigenvalue weighted by Crippen LogP contribution is 2.37. The molecule has 0 fully saturated rings. The van der Waals surface area contributed by atoms with E-state index < -0.39 is 0 Å². The molecule has 2 heterocycles. The standard InChI is InChI=1S/C18H21BrN2O3/c1-18(2,3)17-20-16(21-24-17)14(22)9-11-5-4-8-23-15-10-12(19)6-7-13(11)15/h6-7,10-11H,4-5,8-9H2,1-3H3. The molecule has 2 aromatic rings. The number of carbonyl (C=O) groups excluding carboxylic acids is 1. The number of halogens is 1. The summed E-state index contributed by atoms with van der Waals surface area (Å²) in [5.74, 6) is 1.53. The molecule has 1 unspecified atom stereocenters. The number of ether oxygens (including phenoxy) is 1. The zero-order valence-electron chi connectivity index (χ0n) is 14.1. The first-order valence-electron chi connectivity index (χ1n) is 8.14. The van der Waals surface area contributed by atoms with Gasteiger partial charge in [-0.2, -0.15) is 4.98 Å². The molecule has 0 N–H and O–H groups in total. The fourth-order valence-corrected chi connectivity index (χ4v) is 3.15. The number of hydrogen-bond acceptors (Lipinski definition) is 5. The van der Waals surface area contributed by atoms with Crippen LogP contribution in [-0.4, -0.2) is 22.5 Å². The molecule has 0 bridgehead atoms. The molecule has 1 atom stereocenters. The third-order valence-corrected chi connectivity index (χ3v) is 4.61. The predicted octanol–water partition coefficient (Wildman–Crippen LogP) is 4.66. The predicted molar refractivity (Wildman–Crippen MR) is 93.6 cm³/mol. The average Bonchev–Trinajstić information content (AvgIpc) is 2.93. The Labute approximate surface area is 149 Å². The van der Waals surface area contributed by atoms with Crippen LogP contribution < -0.4 is 4.74 Å². The molecule has 0 radical (unpaired) electrons. The Hall–Kier alpha value is -1.69. The molecule has 1 aromatic carbocycles. The number of ketones is 1. The molecule has 1 aliphatic rings. The Morgan fingerprint density at radius 1 is 1.38 bits per heavy atom. The van der Waals surface area contributed by atoms with Gasteiger partial charge in [0.25, 0.3) is 0 Å². The maximum Gasteiger partial charge on any atom is 0.238 e. The molecule has 5 nitrogen and oxygen atoms in total. The smallest absolute Gasteiger partial charge is 0.238 e. The molecule has 0 saturated heterocycles. The van der Waals surface area contributed by atoms with Gasteiger partial charge in [0.2, 0.25) is 17.5 Å². The van der Waals surface area contributed by atoms with Gasteiger partial charge < -0.3 is 9.26 Å². The molecule has 0 aliphatic carbocycles. The number of Topliss-reactive ketones (excluding diaryl/α,β-unsaturated/α-hetero) is 1. The van der Waals surface area contributed by atoms with Gasteiger partial charge in [0.15, 0.2) is 0 Å². The van der Waals surface area contributed by atoms with Gasteiger partial charge in [0.05, 0.1) is 6.61 Å². The average molecular weight is 393 g/mol. The number of rotatable bonds is 3. The Bertz CT molecular complexity index is 749. The highest BCUT2D eigenvalue weighted by Gasteiger charge is 2.27. The van der Waals surface area contributed by atoms with E-state index in [1.54, 1.807) is 0 Å². The van der Waals surface area contributed by atoms with Crippen molar-refractivity contribution in [2.75, 3.05) is 6.61 Å². The summed E-state index contributed by atoms with van der Waals surface area (Å²) in [6.45, 7) is 6.60.